The number of aliphatic hydroxyl groups excluding tert-OH is 1. The number of pyridine rings is 1. The minimum atomic E-state index is -0.223. The molecule has 1 aliphatic rings. The van der Waals surface area contributed by atoms with Crippen LogP contribution in [0.15, 0.2) is 65.5 Å². The molecule has 11 nitrogen and oxygen atoms in total. The van der Waals surface area contributed by atoms with Gasteiger partial charge in [-0.1, -0.05) is 65.7 Å². The monoisotopic (exact) mass is 675 g/mol. The molecule has 0 radical (unpaired) electrons. The molecule has 4 heterocycles. The summed E-state index contributed by atoms with van der Waals surface area (Å²) in [5.74, 6) is 0.576. The van der Waals surface area contributed by atoms with E-state index in [1.54, 1.807) is 18.8 Å². The predicted molar refractivity (Wildman–Crippen MR) is 183 cm³/mol. The van der Waals surface area contributed by atoms with Gasteiger partial charge in [-0.3, -0.25) is 14.3 Å². The second kappa shape index (κ2) is 14.2. The van der Waals surface area contributed by atoms with Crippen molar-refractivity contribution in [2.45, 2.75) is 32.0 Å². The summed E-state index contributed by atoms with van der Waals surface area (Å²) in [6, 6.07) is 18.7. The maximum Gasteiger partial charge on any atom is 0.273 e. The average Bonchev–Trinajstić information content (AvgIpc) is 3.63. The minimum absolute atomic E-state index is 0.00271. The molecule has 1 saturated heterocycles. The van der Waals surface area contributed by atoms with Gasteiger partial charge in [-0.15, -0.1) is 0 Å². The van der Waals surface area contributed by atoms with Crippen LogP contribution in [0.2, 0.25) is 10.0 Å². The van der Waals surface area contributed by atoms with Crippen molar-refractivity contribution in [1.82, 2.24) is 35.1 Å². The second-order valence-electron chi connectivity index (χ2n) is 11.3. The fourth-order valence-corrected chi connectivity index (χ4v) is 6.57. The van der Waals surface area contributed by atoms with Gasteiger partial charge >= 0.3 is 0 Å². The van der Waals surface area contributed by atoms with Crippen LogP contribution in [-0.2, 0) is 24.9 Å². The lowest BCUT2D eigenvalue weighted by molar-refractivity contribution is -0.119. The van der Waals surface area contributed by atoms with Gasteiger partial charge in [0, 0.05) is 85.6 Å². The number of benzene rings is 2. The van der Waals surface area contributed by atoms with E-state index in [4.69, 9.17) is 38.0 Å². The summed E-state index contributed by atoms with van der Waals surface area (Å²) in [6.07, 6.45) is 1.39. The zero-order valence-corrected chi connectivity index (χ0v) is 27.5. The molecule has 1 amide bonds. The molecule has 1 fully saturated rings. The summed E-state index contributed by atoms with van der Waals surface area (Å²) in [7, 11) is 3.37. The lowest BCUT2D eigenvalue weighted by Gasteiger charge is -2.16. The molecule has 47 heavy (non-hydrogen) atoms. The molecular weight excluding hydrogens is 641 g/mol. The number of nitrogens with one attached hydrogen (secondary N) is 3. The molecule has 0 unspecified atom stereocenters. The molecule has 5 aromatic rings. The van der Waals surface area contributed by atoms with Crippen molar-refractivity contribution in [2.24, 2.45) is 7.05 Å². The highest BCUT2D eigenvalue weighted by atomic mass is 35.5. The third-order valence-corrected chi connectivity index (χ3v) is 9.06. The number of carbonyl (C=O) groups excluding carboxylic acids is 1. The Balaban J connectivity index is 1.29. The predicted octanol–water partition coefficient (Wildman–Crippen LogP) is 4.19. The normalized spacial score (nSPS) is 14.6. The average molecular weight is 677 g/mol. The van der Waals surface area contributed by atoms with Gasteiger partial charge in [0.1, 0.15) is 0 Å². The van der Waals surface area contributed by atoms with Gasteiger partial charge in [-0.05, 0) is 12.5 Å². The summed E-state index contributed by atoms with van der Waals surface area (Å²) >= 11 is 14.2. The van der Waals surface area contributed by atoms with E-state index in [-0.39, 0.29) is 24.1 Å². The number of ether oxygens (including phenoxy) is 1. The Bertz CT molecular complexity index is 2010. The Kier molecular flexibility index (Phi) is 9.90. The van der Waals surface area contributed by atoms with Crippen LogP contribution in [0, 0.1) is 0 Å². The molecule has 0 bridgehead atoms. The number of aromatic nitrogens is 4. The number of rotatable bonds is 12. The van der Waals surface area contributed by atoms with Crippen LogP contribution in [0.3, 0.4) is 0 Å². The highest BCUT2D eigenvalue weighted by Crippen LogP contribution is 2.42. The molecule has 0 saturated carbocycles. The van der Waals surface area contributed by atoms with E-state index in [1.165, 1.54) is 10.6 Å². The van der Waals surface area contributed by atoms with Crippen LogP contribution < -0.4 is 26.2 Å². The first kappa shape index (κ1) is 32.7. The van der Waals surface area contributed by atoms with Gasteiger partial charge < -0.3 is 25.8 Å². The zero-order chi connectivity index (χ0) is 33.1. The first-order valence-electron chi connectivity index (χ1n) is 15.3. The van der Waals surface area contributed by atoms with Gasteiger partial charge in [0.15, 0.2) is 5.65 Å². The van der Waals surface area contributed by atoms with Crippen LogP contribution in [0.1, 0.15) is 24.1 Å². The topological polar surface area (TPSA) is 135 Å². The Morgan fingerprint density at radius 3 is 2.38 bits per heavy atom. The van der Waals surface area contributed by atoms with Gasteiger partial charge in [0.05, 0.1) is 40.8 Å². The Morgan fingerprint density at radius 2 is 1.68 bits per heavy atom. The molecule has 4 N–H and O–H groups in total. The van der Waals surface area contributed by atoms with Crippen LogP contribution in [0.25, 0.3) is 39.3 Å². The third-order valence-electron chi connectivity index (χ3n) is 8.25. The maximum atomic E-state index is 13.0. The lowest BCUT2D eigenvalue weighted by atomic mass is 9.98. The van der Waals surface area contributed by atoms with Crippen LogP contribution in [0.5, 0.6) is 5.88 Å². The number of methoxy groups -OCH3 is 1. The van der Waals surface area contributed by atoms with Crippen molar-refractivity contribution in [2.75, 3.05) is 26.8 Å². The van der Waals surface area contributed by atoms with Crippen molar-refractivity contribution < 1.29 is 14.6 Å². The first-order valence-corrected chi connectivity index (χ1v) is 16.1. The largest absolute Gasteiger partial charge is 0.481 e. The number of hydrogen-bond acceptors (Lipinski definition) is 8. The fraction of sp³-hybridized carbons (Fsp3) is 0.294. The molecule has 244 valence electrons. The molecular formula is C34H35Cl2N7O4. The van der Waals surface area contributed by atoms with Crippen LogP contribution in [0.4, 0.5) is 0 Å². The highest BCUT2D eigenvalue weighted by Gasteiger charge is 2.21. The van der Waals surface area contributed by atoms with E-state index >= 15 is 0 Å². The van der Waals surface area contributed by atoms with Gasteiger partial charge in [0.2, 0.25) is 11.8 Å². The molecule has 3 aromatic heterocycles. The minimum Gasteiger partial charge on any atom is -0.481 e. The van der Waals surface area contributed by atoms with Crippen molar-refractivity contribution in [3.8, 4) is 39.5 Å². The van der Waals surface area contributed by atoms with Crippen LogP contribution in [-0.4, -0.2) is 63.0 Å². The standard InChI is InChI=1S/C34H35Cl2N7O4/c1-42-28(16-29-39-22(19-37-13-14-44)15-31(46)43(29)42)26-8-4-6-24(33(26)36)23-5-3-7-25(32(23)35)27-11-9-20(34(41-27)47-2)17-38-18-21-10-12-30(45)40-21/h3-9,11,15-16,21,37-38,44H,10,12-14,17-19H2,1-2H3,(H,40,45)/t21-/m1/s1. The number of fused-ring (bicyclic) bond motifs is 1. The highest BCUT2D eigenvalue weighted by molar-refractivity contribution is 6.39. The maximum absolute atomic E-state index is 13.0. The molecule has 0 aliphatic carbocycles. The van der Waals surface area contributed by atoms with Gasteiger partial charge in [-0.2, -0.15) is 4.52 Å². The SMILES string of the molecule is COc1nc(-c2cccc(-c3cccc(-c4cc5nc(CNCCO)cc(=O)n5n4C)c3Cl)c2Cl)ccc1CNC[C@H]1CCC(=O)N1. The summed E-state index contributed by atoms with van der Waals surface area (Å²) in [5.41, 5.74) is 5.98. The third kappa shape index (κ3) is 6.76. The zero-order valence-electron chi connectivity index (χ0n) is 26.0. The van der Waals surface area contributed by atoms with Crippen LogP contribution >= 0.6 is 23.2 Å². The van der Waals surface area contributed by atoms with E-state index < -0.39 is 0 Å². The number of aryl methyl sites for hydroxylation is 1. The van der Waals surface area contributed by atoms with E-state index in [0.717, 1.165) is 28.7 Å². The quantitative estimate of drug-likeness (QED) is 0.145. The van der Waals surface area contributed by atoms with Gasteiger partial charge in [0.25, 0.3) is 5.56 Å². The molecule has 2 aromatic carbocycles. The number of halogens is 2. The first-order chi connectivity index (χ1) is 22.8. The number of aliphatic hydroxyl groups is 1. The van der Waals surface area contributed by atoms with E-state index in [9.17, 15) is 9.59 Å². The van der Waals surface area contributed by atoms with E-state index in [0.29, 0.717) is 76.8 Å². The molecule has 1 atom stereocenters. The fourth-order valence-electron chi connectivity index (χ4n) is 5.92. The number of hydrogen-bond donors (Lipinski definition) is 4. The number of amides is 1. The molecule has 0 spiro atoms. The van der Waals surface area contributed by atoms with E-state index in [2.05, 4.69) is 20.9 Å². The summed E-state index contributed by atoms with van der Waals surface area (Å²) < 4.78 is 8.86. The van der Waals surface area contributed by atoms with Gasteiger partial charge in [-0.25, -0.2) is 9.97 Å². The van der Waals surface area contributed by atoms with Crippen molar-refractivity contribution >= 4 is 34.8 Å². The Labute approximate surface area is 281 Å². The van der Waals surface area contributed by atoms with Crippen molar-refractivity contribution in [1.29, 1.82) is 0 Å². The second-order valence-corrected chi connectivity index (χ2v) is 12.1. The molecule has 13 heteroatoms. The summed E-state index contributed by atoms with van der Waals surface area (Å²) in [4.78, 5) is 33.9. The smallest absolute Gasteiger partial charge is 0.273 e. The summed E-state index contributed by atoms with van der Waals surface area (Å²) in [6.45, 7) is 1.97. The molecule has 1 aliphatic heterocycles. The Hall–Kier alpha value is -4.26. The number of nitrogens with zero attached hydrogens (tertiary/aromatic N) is 4. The summed E-state index contributed by atoms with van der Waals surface area (Å²) in [5, 5.41) is 19.4. The van der Waals surface area contributed by atoms with Crippen molar-refractivity contribution in [3.63, 3.8) is 0 Å². The molecule has 6 rings (SSSR count). The number of carbonyl (C=O) groups is 1. The Morgan fingerprint density at radius 1 is 0.957 bits per heavy atom. The van der Waals surface area contributed by atoms with Crippen molar-refractivity contribution in [3.05, 3.63) is 92.3 Å². The lowest BCUT2D eigenvalue weighted by Crippen LogP contribution is -2.35. The van der Waals surface area contributed by atoms with E-state index in [1.807, 2.05) is 54.6 Å².